The summed E-state index contributed by atoms with van der Waals surface area (Å²) in [5.41, 5.74) is 8.02. The molecule has 0 saturated heterocycles. The highest BCUT2D eigenvalue weighted by molar-refractivity contribution is 6.25. The summed E-state index contributed by atoms with van der Waals surface area (Å²) in [6, 6.07) is 3.56. The molecule has 12 heavy (non-hydrogen) atoms. The van der Waals surface area contributed by atoms with Gasteiger partial charge in [-0.25, -0.2) is 0 Å². The molecule has 1 aromatic heterocycles. The highest BCUT2D eigenvalue weighted by Crippen LogP contribution is 2.02. The van der Waals surface area contributed by atoms with Gasteiger partial charge in [0, 0.05) is 12.8 Å². The van der Waals surface area contributed by atoms with Crippen LogP contribution in [-0.2, 0) is 11.2 Å². The zero-order chi connectivity index (χ0) is 8.81. The van der Waals surface area contributed by atoms with Gasteiger partial charge in [0.2, 0.25) is 5.78 Å². The predicted molar refractivity (Wildman–Crippen MR) is 41.7 cm³/mol. The molecule has 1 heterocycles. The summed E-state index contributed by atoms with van der Waals surface area (Å²) in [6.45, 7) is 0. The lowest BCUT2D eigenvalue weighted by molar-refractivity contribution is -0.116. The van der Waals surface area contributed by atoms with E-state index in [1.807, 2.05) is 0 Å². The topological polar surface area (TPSA) is 66.6 Å². The predicted octanol–water partition coefficient (Wildman–Crippen LogP) is 1.08. The van der Waals surface area contributed by atoms with Crippen molar-refractivity contribution in [3.8, 4) is 0 Å². The Hall–Kier alpha value is -1.67. The maximum Gasteiger partial charge on any atom is 0.323 e. The van der Waals surface area contributed by atoms with Crippen LogP contribution < -0.4 is 0 Å². The van der Waals surface area contributed by atoms with Crippen LogP contribution in [0.15, 0.2) is 22.8 Å². The number of aryl methyl sites for hydroxylation is 1. The maximum absolute atomic E-state index is 10.8. The Bertz CT molecular complexity index is 297. The Morgan fingerprint density at radius 3 is 3.17 bits per heavy atom. The molecule has 62 valence electrons. The highest BCUT2D eigenvalue weighted by atomic mass is 16.3. The first-order valence-electron chi connectivity index (χ1n) is 3.55. The van der Waals surface area contributed by atoms with Crippen LogP contribution in [0.2, 0.25) is 0 Å². The Morgan fingerprint density at radius 2 is 2.58 bits per heavy atom. The molecule has 0 radical (unpaired) electrons. The second-order valence-corrected chi connectivity index (χ2v) is 2.29. The minimum atomic E-state index is -0.214. The summed E-state index contributed by atoms with van der Waals surface area (Å²) in [6.07, 6.45) is 3.29. The summed E-state index contributed by atoms with van der Waals surface area (Å²) in [7, 11) is 0. The third kappa shape index (κ3) is 2.52. The van der Waals surface area contributed by atoms with E-state index in [0.29, 0.717) is 12.8 Å². The number of carbonyl (C=O) groups is 1. The first-order valence-corrected chi connectivity index (χ1v) is 3.55. The summed E-state index contributed by atoms with van der Waals surface area (Å²) < 4.78 is 5.00. The molecule has 0 atom stereocenters. The van der Waals surface area contributed by atoms with Gasteiger partial charge >= 0.3 is 6.21 Å². The van der Waals surface area contributed by atoms with E-state index < -0.39 is 0 Å². The van der Waals surface area contributed by atoms with Gasteiger partial charge in [-0.3, -0.25) is 4.79 Å². The summed E-state index contributed by atoms with van der Waals surface area (Å²) >= 11 is 0. The van der Waals surface area contributed by atoms with Crippen LogP contribution in [0.25, 0.3) is 5.53 Å². The van der Waals surface area contributed by atoms with Crippen molar-refractivity contribution in [2.75, 3.05) is 0 Å². The maximum atomic E-state index is 10.8. The lowest BCUT2D eigenvalue weighted by Gasteiger charge is -1.88. The molecule has 0 saturated carbocycles. The SMILES string of the molecule is [N-]=[N+]=CC(=O)CCc1ccco1. The van der Waals surface area contributed by atoms with E-state index in [0.717, 1.165) is 12.0 Å². The quantitative estimate of drug-likeness (QED) is 0.379. The van der Waals surface area contributed by atoms with Gasteiger partial charge in [0.15, 0.2) is 0 Å². The third-order valence-corrected chi connectivity index (χ3v) is 1.40. The zero-order valence-corrected chi connectivity index (χ0v) is 6.43. The molecule has 4 nitrogen and oxygen atoms in total. The largest absolute Gasteiger partial charge is 0.469 e. The van der Waals surface area contributed by atoms with E-state index in [9.17, 15) is 4.79 Å². The zero-order valence-electron chi connectivity index (χ0n) is 6.43. The Morgan fingerprint density at radius 1 is 1.75 bits per heavy atom. The van der Waals surface area contributed by atoms with Crippen LogP contribution in [0.3, 0.4) is 0 Å². The van der Waals surface area contributed by atoms with Gasteiger partial charge in [0.1, 0.15) is 5.76 Å². The van der Waals surface area contributed by atoms with Crippen LogP contribution in [-0.4, -0.2) is 16.8 Å². The first-order chi connectivity index (χ1) is 5.83. The first kappa shape index (κ1) is 8.43. The van der Waals surface area contributed by atoms with E-state index in [1.54, 1.807) is 18.4 Å². The molecule has 0 aromatic carbocycles. The Labute approximate surface area is 69.4 Å². The normalized spacial score (nSPS) is 9.00. The van der Waals surface area contributed by atoms with Crippen molar-refractivity contribution in [3.63, 3.8) is 0 Å². The molecule has 0 N–H and O–H groups in total. The smallest absolute Gasteiger partial charge is 0.323 e. The number of furan rings is 1. The number of carbonyl (C=O) groups excluding carboxylic acids is 1. The molecule has 0 unspecified atom stereocenters. The monoisotopic (exact) mass is 164 g/mol. The minimum Gasteiger partial charge on any atom is -0.469 e. The Kier molecular flexibility index (Phi) is 2.99. The number of hydrogen-bond acceptors (Lipinski definition) is 2. The Balaban J connectivity index is 2.36. The molecular weight excluding hydrogens is 156 g/mol. The number of Topliss-reactive ketones (excluding diaryl/α,β-unsaturated/α-hetero) is 1. The molecule has 0 aliphatic heterocycles. The lowest BCUT2D eigenvalue weighted by Crippen LogP contribution is -2.01. The molecule has 1 rings (SSSR count). The number of hydrogen-bond donors (Lipinski definition) is 0. The lowest BCUT2D eigenvalue weighted by atomic mass is 10.2. The van der Waals surface area contributed by atoms with E-state index >= 15 is 0 Å². The highest BCUT2D eigenvalue weighted by Gasteiger charge is 2.03. The van der Waals surface area contributed by atoms with E-state index in [1.165, 1.54) is 0 Å². The van der Waals surface area contributed by atoms with Crippen LogP contribution in [0.5, 0.6) is 0 Å². The molecule has 0 spiro atoms. The van der Waals surface area contributed by atoms with Crippen molar-refractivity contribution < 1.29 is 14.0 Å². The molecule has 0 aliphatic carbocycles. The van der Waals surface area contributed by atoms with Crippen molar-refractivity contribution in [1.29, 1.82) is 0 Å². The van der Waals surface area contributed by atoms with Crippen molar-refractivity contribution in [2.45, 2.75) is 12.8 Å². The molecule has 0 aliphatic rings. The average Bonchev–Trinajstić information content (AvgIpc) is 2.53. The second kappa shape index (κ2) is 4.26. The fraction of sp³-hybridized carbons (Fsp3) is 0.250. The number of ketones is 1. The van der Waals surface area contributed by atoms with E-state index in [-0.39, 0.29) is 5.78 Å². The molecule has 1 aromatic rings. The molecule has 0 fully saturated rings. The minimum absolute atomic E-state index is 0.214. The van der Waals surface area contributed by atoms with E-state index in [2.05, 4.69) is 4.79 Å². The number of rotatable bonds is 4. The van der Waals surface area contributed by atoms with Gasteiger partial charge in [-0.2, -0.15) is 4.79 Å². The fourth-order valence-corrected chi connectivity index (χ4v) is 0.830. The summed E-state index contributed by atoms with van der Waals surface area (Å²) in [5, 5.41) is 0. The molecular formula is C8H8N2O2. The van der Waals surface area contributed by atoms with Crippen molar-refractivity contribution in [3.05, 3.63) is 29.7 Å². The van der Waals surface area contributed by atoms with Crippen LogP contribution >= 0.6 is 0 Å². The average molecular weight is 164 g/mol. The fourth-order valence-electron chi connectivity index (χ4n) is 0.830. The van der Waals surface area contributed by atoms with Crippen molar-refractivity contribution >= 4 is 12.0 Å². The van der Waals surface area contributed by atoms with Gasteiger partial charge in [-0.1, -0.05) is 0 Å². The summed E-state index contributed by atoms with van der Waals surface area (Å²) in [4.78, 5) is 13.4. The van der Waals surface area contributed by atoms with Gasteiger partial charge in [0.05, 0.1) is 6.26 Å². The summed E-state index contributed by atoms with van der Waals surface area (Å²) in [5.74, 6) is 0.545. The van der Waals surface area contributed by atoms with Gasteiger partial charge < -0.3 is 9.95 Å². The standard InChI is InChI=1S/C8H8N2O2/c9-10-6-7(11)3-4-8-2-1-5-12-8/h1-2,5-6H,3-4H2. The second-order valence-electron chi connectivity index (χ2n) is 2.29. The molecule has 4 heteroatoms. The van der Waals surface area contributed by atoms with E-state index in [4.69, 9.17) is 9.95 Å². The van der Waals surface area contributed by atoms with Gasteiger partial charge in [-0.05, 0) is 12.1 Å². The molecule has 0 bridgehead atoms. The van der Waals surface area contributed by atoms with Gasteiger partial charge in [-0.15, -0.1) is 0 Å². The van der Waals surface area contributed by atoms with Crippen LogP contribution in [0.4, 0.5) is 0 Å². The molecule has 0 amide bonds. The van der Waals surface area contributed by atoms with Gasteiger partial charge in [0.25, 0.3) is 0 Å². The van der Waals surface area contributed by atoms with Crippen molar-refractivity contribution in [2.24, 2.45) is 0 Å². The number of nitrogens with zero attached hydrogens (tertiary/aromatic N) is 2. The van der Waals surface area contributed by atoms with Crippen LogP contribution in [0.1, 0.15) is 12.2 Å². The van der Waals surface area contributed by atoms with Crippen LogP contribution in [0, 0.1) is 0 Å². The van der Waals surface area contributed by atoms with Crippen molar-refractivity contribution in [1.82, 2.24) is 0 Å². The third-order valence-electron chi connectivity index (χ3n) is 1.40.